The van der Waals surface area contributed by atoms with Crippen LogP contribution in [0.4, 0.5) is 5.82 Å². The van der Waals surface area contributed by atoms with Crippen LogP contribution in [0.3, 0.4) is 0 Å². The van der Waals surface area contributed by atoms with E-state index in [-0.39, 0.29) is 29.1 Å². The number of ether oxygens (including phenoxy) is 1. The monoisotopic (exact) mass is 405 g/mol. The number of aromatic nitrogens is 1. The van der Waals surface area contributed by atoms with Crippen molar-refractivity contribution in [1.29, 1.82) is 0 Å². The van der Waals surface area contributed by atoms with Gasteiger partial charge in [-0.3, -0.25) is 0 Å². The van der Waals surface area contributed by atoms with E-state index in [9.17, 15) is 8.42 Å². The fraction of sp³-hybridized carbons (Fsp3) is 0.286. The van der Waals surface area contributed by atoms with Gasteiger partial charge in [-0.25, -0.2) is 13.4 Å². The summed E-state index contributed by atoms with van der Waals surface area (Å²) in [5.74, 6) is 0.0426. The van der Waals surface area contributed by atoms with E-state index >= 15 is 0 Å². The lowest BCUT2D eigenvalue weighted by molar-refractivity contribution is 0.0730. The number of pyridine rings is 1. The van der Waals surface area contributed by atoms with Gasteiger partial charge in [0.05, 0.1) is 23.1 Å². The smallest absolute Gasteiger partial charge is 0.243 e. The zero-order valence-electron chi connectivity index (χ0n) is 13.1. The predicted octanol–water partition coefficient (Wildman–Crippen LogP) is 1.24. The third-order valence-corrected chi connectivity index (χ3v) is 5.83. The molecule has 1 aromatic heterocycles. The van der Waals surface area contributed by atoms with Gasteiger partial charge in [0.1, 0.15) is 0 Å². The molecule has 25 heavy (non-hydrogen) atoms. The van der Waals surface area contributed by atoms with E-state index in [2.05, 4.69) is 9.98 Å². The van der Waals surface area contributed by atoms with Crippen LogP contribution in [0.1, 0.15) is 0 Å². The summed E-state index contributed by atoms with van der Waals surface area (Å²) in [5.41, 5.74) is 10.8. The number of nitrogens with two attached hydrogens (primary N) is 2. The molecule has 0 bridgehead atoms. The third kappa shape index (κ3) is 3.96. The lowest BCUT2D eigenvalue weighted by Gasteiger charge is -2.26. The lowest BCUT2D eigenvalue weighted by Crippen LogP contribution is -2.40. The zero-order valence-corrected chi connectivity index (χ0v) is 15.4. The molecule has 0 saturated carbocycles. The zero-order chi connectivity index (χ0) is 17.3. The number of morpholine rings is 1. The molecule has 1 fully saturated rings. The topological polar surface area (TPSA) is 124 Å². The summed E-state index contributed by atoms with van der Waals surface area (Å²) in [7, 11) is -3.64. The summed E-state index contributed by atoms with van der Waals surface area (Å²) < 4.78 is 32.1. The molecule has 1 aromatic carbocycles. The number of rotatable bonds is 3. The van der Waals surface area contributed by atoms with Gasteiger partial charge in [-0.2, -0.15) is 9.30 Å². The first kappa shape index (κ1) is 19.7. The molecule has 0 spiro atoms. The first-order chi connectivity index (χ1) is 11.4. The Labute approximate surface area is 156 Å². The van der Waals surface area contributed by atoms with Gasteiger partial charge in [0.2, 0.25) is 10.0 Å². The SMILES string of the molecule is Cl.NC(N)=Nc1ncc(Cl)c2ccc(S(=O)(=O)N3CCOCC3)cc12. The third-order valence-electron chi connectivity index (χ3n) is 3.63. The van der Waals surface area contributed by atoms with Crippen LogP contribution >= 0.6 is 24.0 Å². The number of nitrogens with zero attached hydrogens (tertiary/aromatic N) is 3. The normalized spacial score (nSPS) is 15.6. The van der Waals surface area contributed by atoms with Gasteiger partial charge in [-0.1, -0.05) is 17.7 Å². The van der Waals surface area contributed by atoms with E-state index in [4.69, 9.17) is 27.8 Å². The molecule has 2 heterocycles. The first-order valence-electron chi connectivity index (χ1n) is 7.15. The molecule has 1 aliphatic rings. The summed E-state index contributed by atoms with van der Waals surface area (Å²) in [4.78, 5) is 8.15. The van der Waals surface area contributed by atoms with Crippen molar-refractivity contribution in [2.24, 2.45) is 16.5 Å². The van der Waals surface area contributed by atoms with Crippen molar-refractivity contribution in [3.8, 4) is 0 Å². The van der Waals surface area contributed by atoms with Crippen molar-refractivity contribution in [2.75, 3.05) is 26.3 Å². The number of aliphatic imine (C=N–C) groups is 1. The van der Waals surface area contributed by atoms with Crippen LogP contribution in [0.25, 0.3) is 10.8 Å². The van der Waals surface area contributed by atoms with Crippen molar-refractivity contribution in [2.45, 2.75) is 4.90 Å². The number of guanidine groups is 1. The molecule has 0 radical (unpaired) electrons. The van der Waals surface area contributed by atoms with Crippen LogP contribution < -0.4 is 11.5 Å². The van der Waals surface area contributed by atoms with Gasteiger partial charge in [0.15, 0.2) is 11.8 Å². The summed E-state index contributed by atoms with van der Waals surface area (Å²) >= 11 is 6.13. The molecule has 1 aliphatic heterocycles. The molecule has 3 rings (SSSR count). The van der Waals surface area contributed by atoms with Gasteiger partial charge >= 0.3 is 0 Å². The van der Waals surface area contributed by atoms with Crippen LogP contribution in [0.15, 0.2) is 34.3 Å². The minimum absolute atomic E-state index is 0. The van der Waals surface area contributed by atoms with Crippen molar-refractivity contribution in [3.63, 3.8) is 0 Å². The van der Waals surface area contributed by atoms with Gasteiger partial charge in [0, 0.05) is 30.1 Å². The van der Waals surface area contributed by atoms with Gasteiger partial charge in [0.25, 0.3) is 0 Å². The Balaban J connectivity index is 0.00000225. The van der Waals surface area contributed by atoms with Gasteiger partial charge in [-0.05, 0) is 12.1 Å². The van der Waals surface area contributed by atoms with E-state index in [0.29, 0.717) is 42.1 Å². The number of hydrogen-bond donors (Lipinski definition) is 2. The molecular weight excluding hydrogens is 389 g/mol. The summed E-state index contributed by atoms with van der Waals surface area (Å²) in [5, 5.41) is 1.47. The van der Waals surface area contributed by atoms with E-state index in [1.165, 1.54) is 22.6 Å². The second-order valence-electron chi connectivity index (χ2n) is 5.19. The van der Waals surface area contributed by atoms with Crippen LogP contribution in [-0.2, 0) is 14.8 Å². The van der Waals surface area contributed by atoms with E-state index < -0.39 is 10.0 Å². The molecule has 2 aromatic rings. The maximum atomic E-state index is 12.8. The standard InChI is InChI=1S/C14H16ClN5O3S.ClH/c15-12-8-18-13(19-14(16)17)11-7-9(1-2-10(11)12)24(21,22)20-3-5-23-6-4-20;/h1-2,7-8H,3-6H2,(H4,16,17,18,19);1H. The summed E-state index contributed by atoms with van der Waals surface area (Å²) in [6, 6.07) is 4.62. The molecule has 4 N–H and O–H groups in total. The van der Waals surface area contributed by atoms with Crippen LogP contribution in [0.2, 0.25) is 5.02 Å². The fourth-order valence-electron chi connectivity index (χ4n) is 2.48. The van der Waals surface area contributed by atoms with Crippen molar-refractivity contribution in [3.05, 3.63) is 29.4 Å². The molecular formula is C14H17Cl2N5O3S. The predicted molar refractivity (Wildman–Crippen MR) is 99.0 cm³/mol. The molecule has 0 amide bonds. The quantitative estimate of drug-likeness (QED) is 0.584. The summed E-state index contributed by atoms with van der Waals surface area (Å²) in [6.45, 7) is 1.38. The Hall–Kier alpha value is -1.65. The maximum absolute atomic E-state index is 12.8. The number of sulfonamides is 1. The number of fused-ring (bicyclic) bond motifs is 1. The highest BCUT2D eigenvalue weighted by Crippen LogP contribution is 2.32. The van der Waals surface area contributed by atoms with Crippen LogP contribution in [0, 0.1) is 0 Å². The molecule has 0 aliphatic carbocycles. The van der Waals surface area contributed by atoms with Gasteiger partial charge < -0.3 is 16.2 Å². The van der Waals surface area contributed by atoms with Crippen molar-refractivity contribution >= 4 is 56.6 Å². The molecule has 0 unspecified atom stereocenters. The Morgan fingerprint density at radius 2 is 1.92 bits per heavy atom. The second kappa shape index (κ2) is 7.71. The summed E-state index contributed by atoms with van der Waals surface area (Å²) in [6.07, 6.45) is 1.42. The largest absolute Gasteiger partial charge is 0.379 e. The van der Waals surface area contributed by atoms with Crippen molar-refractivity contribution in [1.82, 2.24) is 9.29 Å². The molecule has 136 valence electrons. The second-order valence-corrected chi connectivity index (χ2v) is 7.54. The number of benzene rings is 1. The number of halogens is 2. The Morgan fingerprint density at radius 3 is 2.56 bits per heavy atom. The van der Waals surface area contributed by atoms with E-state index in [1.54, 1.807) is 6.07 Å². The minimum Gasteiger partial charge on any atom is -0.379 e. The molecule has 11 heteroatoms. The fourth-order valence-corrected chi connectivity index (χ4v) is 4.13. The number of hydrogen-bond acceptors (Lipinski definition) is 5. The van der Waals surface area contributed by atoms with E-state index in [1.807, 2.05) is 0 Å². The van der Waals surface area contributed by atoms with Crippen molar-refractivity contribution < 1.29 is 13.2 Å². The average Bonchev–Trinajstić information content (AvgIpc) is 2.57. The molecule has 0 atom stereocenters. The highest BCUT2D eigenvalue weighted by molar-refractivity contribution is 7.89. The molecule has 8 nitrogen and oxygen atoms in total. The molecule has 1 saturated heterocycles. The van der Waals surface area contributed by atoms with E-state index in [0.717, 1.165) is 0 Å². The highest BCUT2D eigenvalue weighted by Gasteiger charge is 2.26. The minimum atomic E-state index is -3.64. The Bertz CT molecular complexity index is 910. The maximum Gasteiger partial charge on any atom is 0.243 e. The van der Waals surface area contributed by atoms with Crippen LogP contribution in [-0.4, -0.2) is 50.0 Å². The Kier molecular flexibility index (Phi) is 6.07. The average molecular weight is 406 g/mol. The first-order valence-corrected chi connectivity index (χ1v) is 8.97. The van der Waals surface area contributed by atoms with Crippen LogP contribution in [0.5, 0.6) is 0 Å². The lowest BCUT2D eigenvalue weighted by atomic mass is 10.1. The Morgan fingerprint density at radius 1 is 1.24 bits per heavy atom. The highest BCUT2D eigenvalue weighted by atomic mass is 35.5. The van der Waals surface area contributed by atoms with Gasteiger partial charge in [-0.15, -0.1) is 12.4 Å².